The monoisotopic (exact) mass is 356 g/mol. The fourth-order valence-corrected chi connectivity index (χ4v) is 2.53. The molecule has 1 fully saturated rings. The molecule has 0 radical (unpaired) electrons. The second-order valence-electron chi connectivity index (χ2n) is 5.71. The van der Waals surface area contributed by atoms with Gasteiger partial charge in [0.25, 0.3) is 0 Å². The molecule has 1 aromatic carbocycles. The second kappa shape index (κ2) is 6.71. The SMILES string of the molecule is O=C(Nc1ccc(-c2noc(C(F)(F)F)n2)cc1)N1CCC(CO)C1. The largest absolute Gasteiger partial charge is 0.471 e. The van der Waals surface area contributed by atoms with Gasteiger partial charge < -0.3 is 19.8 Å². The van der Waals surface area contributed by atoms with Crippen molar-refractivity contribution >= 4 is 11.7 Å². The lowest BCUT2D eigenvalue weighted by Crippen LogP contribution is -2.33. The Morgan fingerprint density at radius 1 is 1.36 bits per heavy atom. The summed E-state index contributed by atoms with van der Waals surface area (Å²) in [7, 11) is 0. The first kappa shape index (κ1) is 17.2. The third-order valence-corrected chi connectivity index (χ3v) is 3.89. The van der Waals surface area contributed by atoms with Crippen LogP contribution in [0.3, 0.4) is 0 Å². The van der Waals surface area contributed by atoms with E-state index in [0.717, 1.165) is 6.42 Å². The lowest BCUT2D eigenvalue weighted by atomic mass is 10.1. The summed E-state index contributed by atoms with van der Waals surface area (Å²) in [4.78, 5) is 17.0. The fourth-order valence-electron chi connectivity index (χ4n) is 2.53. The maximum Gasteiger partial charge on any atom is 0.471 e. The fraction of sp³-hybridized carbons (Fsp3) is 0.400. The highest BCUT2D eigenvalue weighted by molar-refractivity contribution is 5.89. The summed E-state index contributed by atoms with van der Waals surface area (Å²) < 4.78 is 41.6. The number of hydrogen-bond donors (Lipinski definition) is 2. The second-order valence-corrected chi connectivity index (χ2v) is 5.71. The average molecular weight is 356 g/mol. The Morgan fingerprint density at radius 2 is 2.08 bits per heavy atom. The number of amides is 2. The van der Waals surface area contributed by atoms with Crippen LogP contribution in [-0.4, -0.2) is 45.9 Å². The molecule has 2 N–H and O–H groups in total. The molecule has 0 bridgehead atoms. The molecule has 10 heteroatoms. The van der Waals surface area contributed by atoms with E-state index in [2.05, 4.69) is 20.0 Å². The number of nitrogens with zero attached hydrogens (tertiary/aromatic N) is 3. The lowest BCUT2D eigenvalue weighted by Gasteiger charge is -2.17. The van der Waals surface area contributed by atoms with E-state index in [9.17, 15) is 18.0 Å². The van der Waals surface area contributed by atoms with Crippen LogP contribution in [0.5, 0.6) is 0 Å². The summed E-state index contributed by atoms with van der Waals surface area (Å²) in [6.45, 7) is 1.10. The Labute approximate surface area is 140 Å². The van der Waals surface area contributed by atoms with Gasteiger partial charge in [0.05, 0.1) is 0 Å². The zero-order valence-electron chi connectivity index (χ0n) is 13.0. The summed E-state index contributed by atoms with van der Waals surface area (Å²) in [5.41, 5.74) is 0.819. The van der Waals surface area contributed by atoms with Crippen molar-refractivity contribution in [3.05, 3.63) is 30.2 Å². The highest BCUT2D eigenvalue weighted by Crippen LogP contribution is 2.29. The van der Waals surface area contributed by atoms with Crippen molar-refractivity contribution in [2.75, 3.05) is 25.0 Å². The molecule has 1 aliphatic heterocycles. The van der Waals surface area contributed by atoms with E-state index in [1.165, 1.54) is 24.3 Å². The first-order valence-electron chi connectivity index (χ1n) is 7.55. The van der Waals surface area contributed by atoms with Crippen molar-refractivity contribution < 1.29 is 27.6 Å². The maximum atomic E-state index is 12.5. The highest BCUT2D eigenvalue weighted by Gasteiger charge is 2.38. The summed E-state index contributed by atoms with van der Waals surface area (Å²) in [6, 6.07) is 5.76. The molecular formula is C15H15F3N4O3. The number of anilines is 1. The molecule has 1 atom stereocenters. The minimum absolute atomic E-state index is 0.0447. The van der Waals surface area contributed by atoms with Gasteiger partial charge in [0.15, 0.2) is 0 Å². The predicted molar refractivity (Wildman–Crippen MR) is 80.5 cm³/mol. The Morgan fingerprint density at radius 3 is 2.64 bits per heavy atom. The van der Waals surface area contributed by atoms with Crippen LogP contribution in [-0.2, 0) is 6.18 Å². The van der Waals surface area contributed by atoms with Gasteiger partial charge in [-0.3, -0.25) is 0 Å². The average Bonchev–Trinajstić information content (AvgIpc) is 3.24. The van der Waals surface area contributed by atoms with Gasteiger partial charge in [-0.25, -0.2) is 4.79 Å². The normalized spacial score (nSPS) is 17.8. The number of likely N-dealkylation sites (tertiary alicyclic amines) is 1. The van der Waals surface area contributed by atoms with Crippen molar-refractivity contribution in [1.82, 2.24) is 15.0 Å². The number of urea groups is 1. The van der Waals surface area contributed by atoms with Crippen LogP contribution in [0.1, 0.15) is 12.3 Å². The molecular weight excluding hydrogens is 341 g/mol. The van der Waals surface area contributed by atoms with E-state index < -0.39 is 12.1 Å². The molecule has 0 aliphatic carbocycles. The Balaban J connectivity index is 1.64. The molecule has 1 aromatic heterocycles. The topological polar surface area (TPSA) is 91.5 Å². The van der Waals surface area contributed by atoms with E-state index in [4.69, 9.17) is 5.11 Å². The molecule has 3 rings (SSSR count). The minimum atomic E-state index is -4.69. The molecule has 1 saturated heterocycles. The maximum absolute atomic E-state index is 12.5. The van der Waals surface area contributed by atoms with E-state index in [1.807, 2.05) is 0 Å². The van der Waals surface area contributed by atoms with Crippen LogP contribution in [0, 0.1) is 5.92 Å². The van der Waals surface area contributed by atoms with E-state index in [1.54, 1.807) is 4.90 Å². The number of aliphatic hydroxyl groups excluding tert-OH is 1. The number of hydrogen-bond acceptors (Lipinski definition) is 5. The van der Waals surface area contributed by atoms with Crippen molar-refractivity contribution in [3.8, 4) is 11.4 Å². The minimum Gasteiger partial charge on any atom is -0.396 e. The smallest absolute Gasteiger partial charge is 0.396 e. The Hall–Kier alpha value is -2.62. The number of nitrogens with one attached hydrogen (secondary N) is 1. The molecule has 0 saturated carbocycles. The van der Waals surface area contributed by atoms with Crippen molar-refractivity contribution in [2.24, 2.45) is 5.92 Å². The van der Waals surface area contributed by atoms with Crippen molar-refractivity contribution in [2.45, 2.75) is 12.6 Å². The molecule has 2 amide bonds. The van der Waals surface area contributed by atoms with Gasteiger partial charge in [0, 0.05) is 36.9 Å². The number of carbonyl (C=O) groups is 1. The molecule has 1 unspecified atom stereocenters. The van der Waals surface area contributed by atoms with Crippen molar-refractivity contribution in [1.29, 1.82) is 0 Å². The summed E-state index contributed by atoms with van der Waals surface area (Å²) in [6.07, 6.45) is -3.94. The molecule has 1 aliphatic rings. The zero-order chi connectivity index (χ0) is 18.0. The number of benzene rings is 1. The van der Waals surface area contributed by atoms with E-state index >= 15 is 0 Å². The van der Waals surface area contributed by atoms with Gasteiger partial charge in [0.1, 0.15) is 0 Å². The standard InChI is InChI=1S/C15H15F3N4O3/c16-15(17,18)13-20-12(21-25-13)10-1-3-11(4-2-10)19-14(24)22-6-5-9(7-22)8-23/h1-4,9,23H,5-8H2,(H,19,24). The van der Waals surface area contributed by atoms with Gasteiger partial charge in [-0.2, -0.15) is 18.2 Å². The number of aromatic nitrogens is 2. The van der Waals surface area contributed by atoms with Crippen LogP contribution in [0.2, 0.25) is 0 Å². The molecule has 0 spiro atoms. The Bertz CT molecular complexity index is 745. The number of halogens is 3. The van der Waals surface area contributed by atoms with Crippen LogP contribution in [0.15, 0.2) is 28.8 Å². The van der Waals surface area contributed by atoms with Gasteiger partial charge >= 0.3 is 18.1 Å². The van der Waals surface area contributed by atoms with Gasteiger partial charge in [0.2, 0.25) is 5.82 Å². The molecule has 25 heavy (non-hydrogen) atoms. The first-order chi connectivity index (χ1) is 11.9. The molecule has 7 nitrogen and oxygen atoms in total. The van der Waals surface area contributed by atoms with Gasteiger partial charge in [-0.1, -0.05) is 5.16 Å². The highest BCUT2D eigenvalue weighted by atomic mass is 19.4. The zero-order valence-corrected chi connectivity index (χ0v) is 13.0. The number of aliphatic hydroxyl groups is 1. The first-order valence-corrected chi connectivity index (χ1v) is 7.55. The van der Waals surface area contributed by atoms with Gasteiger partial charge in [-0.15, -0.1) is 0 Å². The molecule has 2 heterocycles. The number of alkyl halides is 3. The quantitative estimate of drug-likeness (QED) is 0.882. The predicted octanol–water partition coefficient (Wildman–Crippen LogP) is 2.60. The third-order valence-electron chi connectivity index (χ3n) is 3.89. The van der Waals surface area contributed by atoms with E-state index in [-0.39, 0.29) is 24.4 Å². The number of carbonyl (C=O) groups excluding carboxylic acids is 1. The van der Waals surface area contributed by atoms with Crippen LogP contribution < -0.4 is 5.32 Å². The Kier molecular flexibility index (Phi) is 4.62. The van der Waals surface area contributed by atoms with E-state index in [0.29, 0.717) is 24.3 Å². The van der Waals surface area contributed by atoms with Gasteiger partial charge in [-0.05, 0) is 30.7 Å². The summed E-state index contributed by atoms with van der Waals surface area (Å²) in [5.74, 6) is -1.50. The van der Waals surface area contributed by atoms with Crippen LogP contribution >= 0.6 is 0 Å². The molecule has 2 aromatic rings. The summed E-state index contributed by atoms with van der Waals surface area (Å²) >= 11 is 0. The molecule has 134 valence electrons. The summed E-state index contributed by atoms with van der Waals surface area (Å²) in [5, 5.41) is 15.1. The van der Waals surface area contributed by atoms with Crippen LogP contribution in [0.4, 0.5) is 23.7 Å². The number of rotatable bonds is 3. The van der Waals surface area contributed by atoms with Crippen LogP contribution in [0.25, 0.3) is 11.4 Å². The third kappa shape index (κ3) is 3.90. The van der Waals surface area contributed by atoms with Crippen molar-refractivity contribution in [3.63, 3.8) is 0 Å². The lowest BCUT2D eigenvalue weighted by molar-refractivity contribution is -0.159.